The van der Waals surface area contributed by atoms with Crippen molar-refractivity contribution < 1.29 is 9.53 Å². The molecule has 0 aliphatic rings. The van der Waals surface area contributed by atoms with Crippen LogP contribution in [-0.4, -0.2) is 20.9 Å². The number of aromatic nitrogens is 3. The van der Waals surface area contributed by atoms with Gasteiger partial charge in [-0.2, -0.15) is 0 Å². The summed E-state index contributed by atoms with van der Waals surface area (Å²) in [5.74, 6) is 0.275. The fraction of sp³-hybridized carbons (Fsp3) is 0.304. The van der Waals surface area contributed by atoms with Gasteiger partial charge in [0, 0.05) is 10.3 Å². The van der Waals surface area contributed by atoms with Gasteiger partial charge in [0.1, 0.15) is 23.0 Å². The van der Waals surface area contributed by atoms with Crippen LogP contribution in [-0.2, 0) is 17.8 Å². The van der Waals surface area contributed by atoms with Crippen molar-refractivity contribution >= 4 is 38.4 Å². The number of aromatic amines is 1. The first-order valence-corrected chi connectivity index (χ1v) is 10.8. The molecule has 1 N–H and O–H groups in total. The monoisotopic (exact) mass is 421 g/mol. The number of thiophene rings is 1. The minimum Gasteiger partial charge on any atom is -0.453 e. The molecule has 30 heavy (non-hydrogen) atoms. The number of pyridine rings is 1. The lowest BCUT2D eigenvalue weighted by molar-refractivity contribution is 0.0456. The van der Waals surface area contributed by atoms with E-state index in [2.05, 4.69) is 28.8 Å². The van der Waals surface area contributed by atoms with Crippen LogP contribution in [0.1, 0.15) is 47.0 Å². The van der Waals surface area contributed by atoms with Crippen molar-refractivity contribution in [1.82, 2.24) is 15.0 Å². The summed E-state index contributed by atoms with van der Waals surface area (Å²) in [5.41, 5.74) is 1.84. The maximum absolute atomic E-state index is 12.7. The zero-order valence-electron chi connectivity index (χ0n) is 17.2. The molecule has 0 spiro atoms. The number of ether oxygens (including phenoxy) is 1. The number of esters is 1. The molecule has 0 bridgehead atoms. The molecule has 3 heterocycles. The number of aryl methyl sites for hydroxylation is 1. The lowest BCUT2D eigenvalue weighted by Crippen LogP contribution is -2.15. The highest BCUT2D eigenvalue weighted by Crippen LogP contribution is 2.29. The van der Waals surface area contributed by atoms with E-state index in [0.717, 1.165) is 34.2 Å². The van der Waals surface area contributed by atoms with Crippen molar-refractivity contribution in [3.8, 4) is 0 Å². The summed E-state index contributed by atoms with van der Waals surface area (Å²) in [4.78, 5) is 38.6. The van der Waals surface area contributed by atoms with Crippen molar-refractivity contribution in [3.63, 3.8) is 0 Å². The minimum atomic E-state index is -0.552. The highest BCUT2D eigenvalue weighted by Gasteiger charge is 2.18. The van der Waals surface area contributed by atoms with Crippen LogP contribution >= 0.6 is 11.3 Å². The van der Waals surface area contributed by atoms with Crippen molar-refractivity contribution in [2.24, 2.45) is 5.92 Å². The van der Waals surface area contributed by atoms with Crippen LogP contribution in [0.4, 0.5) is 0 Å². The van der Waals surface area contributed by atoms with Crippen LogP contribution in [0.2, 0.25) is 0 Å². The van der Waals surface area contributed by atoms with E-state index in [0.29, 0.717) is 22.0 Å². The second-order valence-corrected chi connectivity index (χ2v) is 8.72. The number of H-pyrrole nitrogens is 1. The van der Waals surface area contributed by atoms with E-state index in [4.69, 9.17) is 4.74 Å². The molecule has 0 saturated heterocycles. The Labute approximate surface area is 178 Å². The van der Waals surface area contributed by atoms with Gasteiger partial charge in [0.05, 0.1) is 10.9 Å². The Bertz CT molecular complexity index is 1290. The molecule has 1 atom stereocenters. The van der Waals surface area contributed by atoms with Gasteiger partial charge in [-0.1, -0.05) is 44.5 Å². The molecule has 0 fully saturated rings. The average Bonchev–Trinajstić information content (AvgIpc) is 3.06. The van der Waals surface area contributed by atoms with Crippen molar-refractivity contribution in [2.75, 3.05) is 0 Å². The molecule has 4 aromatic rings. The van der Waals surface area contributed by atoms with E-state index < -0.39 is 5.97 Å². The third kappa shape index (κ3) is 3.98. The fourth-order valence-corrected chi connectivity index (χ4v) is 4.49. The topological polar surface area (TPSA) is 84.9 Å². The van der Waals surface area contributed by atoms with Crippen LogP contribution in [0.25, 0.3) is 21.1 Å². The molecular formula is C23H23N3O3S. The Morgan fingerprint density at radius 1 is 1.20 bits per heavy atom. The second kappa shape index (κ2) is 8.36. The summed E-state index contributed by atoms with van der Waals surface area (Å²) in [7, 11) is 0. The third-order valence-corrected chi connectivity index (χ3v) is 6.35. The van der Waals surface area contributed by atoms with Gasteiger partial charge in [-0.15, -0.1) is 11.3 Å². The molecule has 1 aromatic carbocycles. The molecule has 0 aliphatic heterocycles. The number of fused-ring (bicyclic) bond motifs is 2. The quantitative estimate of drug-likeness (QED) is 0.453. The van der Waals surface area contributed by atoms with Gasteiger partial charge in [0.2, 0.25) is 0 Å². The maximum atomic E-state index is 12.7. The Kier molecular flexibility index (Phi) is 5.63. The Morgan fingerprint density at radius 2 is 2.00 bits per heavy atom. The predicted octanol–water partition coefficient (Wildman–Crippen LogP) is 4.79. The molecule has 154 valence electrons. The molecule has 0 saturated carbocycles. The van der Waals surface area contributed by atoms with Gasteiger partial charge in [-0.3, -0.25) is 4.79 Å². The van der Waals surface area contributed by atoms with Gasteiger partial charge in [-0.25, -0.2) is 14.8 Å². The summed E-state index contributed by atoms with van der Waals surface area (Å²) < 4.78 is 5.36. The van der Waals surface area contributed by atoms with Crippen LogP contribution in [0, 0.1) is 12.8 Å². The Morgan fingerprint density at radius 3 is 2.80 bits per heavy atom. The summed E-state index contributed by atoms with van der Waals surface area (Å²) in [5, 5.41) is 1.61. The molecule has 0 aliphatic carbocycles. The molecule has 0 unspecified atom stereocenters. The van der Waals surface area contributed by atoms with Crippen molar-refractivity contribution in [1.29, 1.82) is 0 Å². The van der Waals surface area contributed by atoms with E-state index in [1.807, 2.05) is 37.3 Å². The summed E-state index contributed by atoms with van der Waals surface area (Å²) >= 11 is 1.51. The summed E-state index contributed by atoms with van der Waals surface area (Å²) in [6.45, 7) is 6.23. The molecule has 4 rings (SSSR count). The minimum absolute atomic E-state index is 0.115. The van der Waals surface area contributed by atoms with Crippen molar-refractivity contribution in [3.05, 3.63) is 68.7 Å². The van der Waals surface area contributed by atoms with Gasteiger partial charge in [0.25, 0.3) is 5.56 Å². The summed E-state index contributed by atoms with van der Waals surface area (Å²) in [6, 6.07) is 11.0. The molecule has 7 heteroatoms. The van der Waals surface area contributed by atoms with Gasteiger partial charge < -0.3 is 9.72 Å². The predicted molar refractivity (Wildman–Crippen MR) is 119 cm³/mol. The number of hydrogen-bond donors (Lipinski definition) is 1. The molecule has 0 amide bonds. The summed E-state index contributed by atoms with van der Waals surface area (Å²) in [6.07, 6.45) is 1.91. The first-order chi connectivity index (χ1) is 14.5. The van der Waals surface area contributed by atoms with Crippen LogP contribution in [0.3, 0.4) is 0 Å². The molecule has 0 radical (unpaired) electrons. The number of benzene rings is 1. The van der Waals surface area contributed by atoms with Crippen LogP contribution in [0.15, 0.2) is 41.2 Å². The van der Waals surface area contributed by atoms with Crippen molar-refractivity contribution in [2.45, 2.75) is 40.2 Å². The van der Waals surface area contributed by atoms with Gasteiger partial charge in [0.15, 0.2) is 0 Å². The van der Waals surface area contributed by atoms with Crippen LogP contribution < -0.4 is 5.56 Å². The standard InChI is InChI=1S/C23H23N3O3S/c1-4-13(2)11-16-14(3)30-22-20(16)21(27)25-19(26-22)12-29-23(28)18-10-9-15-7-5-6-8-17(15)24-18/h5-10,13H,4,11-12H2,1-3H3,(H,25,26,27)/t13-/m0/s1. The lowest BCUT2D eigenvalue weighted by atomic mass is 9.98. The van der Waals surface area contributed by atoms with E-state index in [9.17, 15) is 9.59 Å². The third-order valence-electron chi connectivity index (χ3n) is 5.31. The fourth-order valence-electron chi connectivity index (χ4n) is 3.41. The van der Waals surface area contributed by atoms with E-state index in [-0.39, 0.29) is 17.9 Å². The van der Waals surface area contributed by atoms with Gasteiger partial charge in [-0.05, 0) is 37.0 Å². The number of nitrogens with zero attached hydrogens (tertiary/aromatic N) is 2. The Balaban J connectivity index is 1.55. The SMILES string of the molecule is CC[C@H](C)Cc1c(C)sc2nc(COC(=O)c3ccc4ccccc4n3)[nH]c(=O)c12. The number of carbonyl (C=O) groups is 1. The van der Waals surface area contributed by atoms with E-state index in [1.54, 1.807) is 6.07 Å². The smallest absolute Gasteiger partial charge is 0.357 e. The highest BCUT2D eigenvalue weighted by atomic mass is 32.1. The van der Waals surface area contributed by atoms with Gasteiger partial charge >= 0.3 is 5.97 Å². The van der Waals surface area contributed by atoms with E-state index in [1.165, 1.54) is 11.3 Å². The number of rotatable bonds is 6. The first-order valence-electron chi connectivity index (χ1n) is 10.00. The largest absolute Gasteiger partial charge is 0.453 e. The van der Waals surface area contributed by atoms with E-state index >= 15 is 0 Å². The average molecular weight is 422 g/mol. The lowest BCUT2D eigenvalue weighted by Gasteiger charge is -2.08. The highest BCUT2D eigenvalue weighted by molar-refractivity contribution is 7.18. The molecule has 6 nitrogen and oxygen atoms in total. The first kappa shape index (κ1) is 20.2. The maximum Gasteiger partial charge on any atom is 0.357 e. The number of para-hydroxylation sites is 1. The Hall–Kier alpha value is -3.06. The van der Waals surface area contributed by atoms with Crippen LogP contribution in [0.5, 0.6) is 0 Å². The number of carbonyl (C=O) groups excluding carboxylic acids is 1. The zero-order chi connectivity index (χ0) is 21.3. The normalized spacial score (nSPS) is 12.4. The number of hydrogen-bond acceptors (Lipinski definition) is 6. The zero-order valence-corrected chi connectivity index (χ0v) is 18.0. The number of nitrogens with one attached hydrogen (secondary N) is 1. The second-order valence-electron chi connectivity index (χ2n) is 7.51. The molecule has 3 aromatic heterocycles. The molecular weight excluding hydrogens is 398 g/mol.